The average molecular weight is 327 g/mol. The quantitative estimate of drug-likeness (QED) is 0.685. The Bertz CT molecular complexity index is 803. The SMILES string of the molecule is CNC(=O)Nc1ccc2c(c1)CCC1(C=CC1)[C@]21OC(=O)NC1=O. The number of allylic oxidation sites excluding steroid dienone is 1. The molecule has 4 amide bonds. The zero-order valence-electron chi connectivity index (χ0n) is 13.1. The fourth-order valence-electron chi connectivity index (χ4n) is 3.96. The molecule has 0 bridgehead atoms. The Labute approximate surface area is 138 Å². The molecule has 3 N–H and O–H groups in total. The van der Waals surface area contributed by atoms with E-state index in [0.717, 1.165) is 12.0 Å². The van der Waals surface area contributed by atoms with Crippen LogP contribution in [-0.2, 0) is 21.6 Å². The largest absolute Gasteiger partial charge is 0.427 e. The topological polar surface area (TPSA) is 96.5 Å². The third-order valence-corrected chi connectivity index (χ3v) is 5.21. The summed E-state index contributed by atoms with van der Waals surface area (Å²) in [6.07, 6.45) is 5.42. The normalized spacial score (nSPS) is 29.7. The van der Waals surface area contributed by atoms with Gasteiger partial charge in [-0.05, 0) is 37.0 Å². The first-order valence-corrected chi connectivity index (χ1v) is 7.85. The first-order valence-electron chi connectivity index (χ1n) is 7.85. The Kier molecular flexibility index (Phi) is 2.97. The van der Waals surface area contributed by atoms with Crippen molar-refractivity contribution in [2.75, 3.05) is 12.4 Å². The molecule has 3 aliphatic rings. The predicted octanol–water partition coefficient (Wildman–Crippen LogP) is 1.79. The molecule has 124 valence electrons. The van der Waals surface area contributed by atoms with Crippen molar-refractivity contribution in [3.8, 4) is 0 Å². The minimum atomic E-state index is -1.31. The summed E-state index contributed by atoms with van der Waals surface area (Å²) in [5.41, 5.74) is 0.445. The van der Waals surface area contributed by atoms with Gasteiger partial charge in [-0.1, -0.05) is 18.2 Å². The van der Waals surface area contributed by atoms with Crippen molar-refractivity contribution in [2.24, 2.45) is 5.41 Å². The van der Waals surface area contributed by atoms with E-state index in [2.05, 4.69) is 16.0 Å². The van der Waals surface area contributed by atoms with Gasteiger partial charge in [0, 0.05) is 23.7 Å². The number of rotatable bonds is 1. The second-order valence-electron chi connectivity index (χ2n) is 6.36. The van der Waals surface area contributed by atoms with Crippen LogP contribution >= 0.6 is 0 Å². The molecule has 1 fully saturated rings. The second-order valence-corrected chi connectivity index (χ2v) is 6.36. The van der Waals surface area contributed by atoms with Gasteiger partial charge in [-0.3, -0.25) is 10.1 Å². The highest BCUT2D eigenvalue weighted by molar-refractivity contribution is 6.05. The highest BCUT2D eigenvalue weighted by atomic mass is 16.6. The Morgan fingerprint density at radius 3 is 2.71 bits per heavy atom. The van der Waals surface area contributed by atoms with E-state index < -0.39 is 23.0 Å². The van der Waals surface area contributed by atoms with E-state index in [1.807, 2.05) is 18.2 Å². The number of aryl methyl sites for hydroxylation is 1. The number of fused-ring (bicyclic) bond motifs is 3. The van der Waals surface area contributed by atoms with E-state index in [4.69, 9.17) is 4.74 Å². The molecule has 7 heteroatoms. The van der Waals surface area contributed by atoms with Crippen LogP contribution in [0.25, 0.3) is 0 Å². The zero-order chi connectivity index (χ0) is 16.9. The number of anilines is 1. The van der Waals surface area contributed by atoms with Crippen LogP contribution in [-0.4, -0.2) is 25.1 Å². The first-order chi connectivity index (χ1) is 11.5. The van der Waals surface area contributed by atoms with Crippen molar-refractivity contribution in [3.63, 3.8) is 0 Å². The molecule has 24 heavy (non-hydrogen) atoms. The van der Waals surface area contributed by atoms with E-state index in [1.54, 1.807) is 12.1 Å². The standard InChI is InChI=1S/C17H17N3O4/c1-18-14(22)19-11-3-4-12-10(9-11)5-8-16(6-2-7-16)17(12)13(21)20-15(23)24-17/h2-4,6,9H,5,7-8H2,1H3,(H2,18,19,22)(H,20,21,23)/t16?,17-/m0/s1. The summed E-state index contributed by atoms with van der Waals surface area (Å²) in [6.45, 7) is 0. The molecule has 1 aromatic carbocycles. The number of carbonyl (C=O) groups excluding carboxylic acids is 3. The Hall–Kier alpha value is -2.83. The molecule has 2 aliphatic carbocycles. The van der Waals surface area contributed by atoms with Gasteiger partial charge in [-0.25, -0.2) is 9.59 Å². The summed E-state index contributed by atoms with van der Waals surface area (Å²) in [6, 6.07) is 5.01. The van der Waals surface area contributed by atoms with Crippen LogP contribution in [0.4, 0.5) is 15.3 Å². The van der Waals surface area contributed by atoms with Gasteiger partial charge in [0.1, 0.15) is 0 Å². The fraction of sp³-hybridized carbons (Fsp3) is 0.353. The summed E-state index contributed by atoms with van der Waals surface area (Å²) in [4.78, 5) is 35.9. The van der Waals surface area contributed by atoms with Crippen molar-refractivity contribution in [1.82, 2.24) is 10.6 Å². The Morgan fingerprint density at radius 1 is 1.33 bits per heavy atom. The van der Waals surface area contributed by atoms with Crippen molar-refractivity contribution in [1.29, 1.82) is 0 Å². The van der Waals surface area contributed by atoms with Crippen molar-refractivity contribution in [2.45, 2.75) is 24.9 Å². The molecule has 2 atom stereocenters. The molecule has 1 saturated heterocycles. The number of benzene rings is 1. The average Bonchev–Trinajstić information content (AvgIpc) is 2.81. The van der Waals surface area contributed by atoms with Gasteiger partial charge in [0.2, 0.25) is 5.60 Å². The number of carbonyl (C=O) groups is 3. The lowest BCUT2D eigenvalue weighted by Gasteiger charge is -2.50. The molecule has 4 rings (SSSR count). The lowest BCUT2D eigenvalue weighted by atomic mass is 9.55. The predicted molar refractivity (Wildman–Crippen MR) is 85.3 cm³/mol. The molecule has 1 aliphatic heterocycles. The molecule has 2 spiro atoms. The summed E-state index contributed by atoms with van der Waals surface area (Å²) in [5.74, 6) is -0.412. The highest BCUT2D eigenvalue weighted by Crippen LogP contribution is 2.59. The fourth-order valence-corrected chi connectivity index (χ4v) is 3.96. The minimum Gasteiger partial charge on any atom is -0.427 e. The van der Waals surface area contributed by atoms with Crippen LogP contribution in [0.1, 0.15) is 24.0 Å². The molecule has 1 aromatic rings. The maximum absolute atomic E-state index is 12.7. The van der Waals surface area contributed by atoms with Gasteiger partial charge in [0.05, 0.1) is 0 Å². The maximum atomic E-state index is 12.7. The number of hydrogen-bond donors (Lipinski definition) is 3. The number of urea groups is 1. The van der Waals surface area contributed by atoms with Gasteiger partial charge in [0.15, 0.2) is 0 Å². The lowest BCUT2D eigenvalue weighted by Crippen LogP contribution is -2.55. The van der Waals surface area contributed by atoms with Gasteiger partial charge in [-0.15, -0.1) is 0 Å². The number of nitrogens with one attached hydrogen (secondary N) is 3. The lowest BCUT2D eigenvalue weighted by molar-refractivity contribution is -0.146. The van der Waals surface area contributed by atoms with Crippen LogP contribution in [0.5, 0.6) is 0 Å². The Balaban J connectivity index is 1.82. The van der Waals surface area contributed by atoms with Crippen LogP contribution in [0.15, 0.2) is 30.4 Å². The molecule has 1 unspecified atom stereocenters. The third kappa shape index (κ3) is 1.75. The highest BCUT2D eigenvalue weighted by Gasteiger charge is 2.66. The number of ether oxygens (including phenoxy) is 1. The minimum absolute atomic E-state index is 0.316. The number of amides is 4. The number of alkyl carbamates (subject to hydrolysis) is 1. The molecular weight excluding hydrogens is 310 g/mol. The molecule has 0 radical (unpaired) electrons. The van der Waals surface area contributed by atoms with Crippen molar-refractivity contribution >= 4 is 23.7 Å². The summed E-state index contributed by atoms with van der Waals surface area (Å²) >= 11 is 0. The monoisotopic (exact) mass is 327 g/mol. The molecule has 0 saturated carbocycles. The molecule has 1 heterocycles. The second kappa shape index (κ2) is 4.83. The smallest absolute Gasteiger partial charge is 0.415 e. The van der Waals surface area contributed by atoms with Crippen molar-refractivity contribution < 1.29 is 19.1 Å². The van der Waals surface area contributed by atoms with E-state index >= 15 is 0 Å². The van der Waals surface area contributed by atoms with Crippen molar-refractivity contribution in [3.05, 3.63) is 41.5 Å². The third-order valence-electron chi connectivity index (χ3n) is 5.21. The van der Waals surface area contributed by atoms with Gasteiger partial charge in [-0.2, -0.15) is 0 Å². The zero-order valence-corrected chi connectivity index (χ0v) is 13.1. The van der Waals surface area contributed by atoms with Crippen LogP contribution in [0, 0.1) is 5.41 Å². The first kappa shape index (κ1) is 14.7. The molecule has 7 nitrogen and oxygen atoms in total. The van der Waals surface area contributed by atoms with E-state index in [-0.39, 0.29) is 6.03 Å². The van der Waals surface area contributed by atoms with Gasteiger partial charge >= 0.3 is 12.1 Å². The molecule has 0 aromatic heterocycles. The summed E-state index contributed by atoms with van der Waals surface area (Å²) in [7, 11) is 1.54. The van der Waals surface area contributed by atoms with E-state index in [9.17, 15) is 14.4 Å². The number of imide groups is 1. The summed E-state index contributed by atoms with van der Waals surface area (Å²) < 4.78 is 5.58. The van der Waals surface area contributed by atoms with Gasteiger partial charge < -0.3 is 15.4 Å². The van der Waals surface area contributed by atoms with Gasteiger partial charge in [0.25, 0.3) is 5.91 Å². The Morgan fingerprint density at radius 2 is 2.12 bits per heavy atom. The number of hydrogen-bond acceptors (Lipinski definition) is 4. The van der Waals surface area contributed by atoms with E-state index in [1.165, 1.54) is 7.05 Å². The van der Waals surface area contributed by atoms with Crippen LogP contribution < -0.4 is 16.0 Å². The molecular formula is C17H17N3O4. The van der Waals surface area contributed by atoms with Crippen LogP contribution in [0.3, 0.4) is 0 Å². The van der Waals surface area contributed by atoms with Crippen LogP contribution in [0.2, 0.25) is 0 Å². The van der Waals surface area contributed by atoms with E-state index in [0.29, 0.717) is 24.1 Å². The summed E-state index contributed by atoms with van der Waals surface area (Å²) in [5, 5.41) is 7.49. The maximum Gasteiger partial charge on any atom is 0.415 e.